The summed E-state index contributed by atoms with van der Waals surface area (Å²) in [6, 6.07) is 27.0. The Labute approximate surface area is 157 Å². The summed E-state index contributed by atoms with van der Waals surface area (Å²) in [4.78, 5) is 13.4. The Kier molecular flexibility index (Phi) is 4.70. The van der Waals surface area contributed by atoms with Gasteiger partial charge in [0.05, 0.1) is 0 Å². The van der Waals surface area contributed by atoms with Crippen molar-refractivity contribution in [2.75, 3.05) is 0 Å². The predicted molar refractivity (Wildman–Crippen MR) is 107 cm³/mol. The fourth-order valence-corrected chi connectivity index (χ4v) is 2.79. The maximum Gasteiger partial charge on any atom is 0.163 e. The van der Waals surface area contributed by atoms with Crippen LogP contribution >= 0.6 is 0 Å². The van der Waals surface area contributed by atoms with E-state index in [0.717, 1.165) is 22.3 Å². The molecule has 0 aliphatic carbocycles. The summed E-state index contributed by atoms with van der Waals surface area (Å²) in [5, 5.41) is 9.50. The van der Waals surface area contributed by atoms with Crippen molar-refractivity contribution in [1.29, 1.82) is 0 Å². The summed E-state index contributed by atoms with van der Waals surface area (Å²) in [6.45, 7) is 0. The highest BCUT2D eigenvalue weighted by Gasteiger charge is 2.11. The minimum absolute atomic E-state index is 0.210. The quantitative estimate of drug-likeness (QED) is 0.535. The lowest BCUT2D eigenvalue weighted by atomic mass is 10.0. The van der Waals surface area contributed by atoms with E-state index in [1.165, 1.54) is 6.33 Å². The van der Waals surface area contributed by atoms with Crippen LogP contribution in [-0.2, 0) is 0 Å². The molecule has 3 aromatic carbocycles. The second-order valence-corrected chi connectivity index (χ2v) is 6.01. The summed E-state index contributed by atoms with van der Waals surface area (Å²) in [7, 11) is 0. The Morgan fingerprint density at radius 2 is 1.41 bits per heavy atom. The van der Waals surface area contributed by atoms with Crippen LogP contribution in [0.4, 0.5) is 0 Å². The lowest BCUT2D eigenvalue weighted by molar-refractivity contribution is 0.475. The first-order chi connectivity index (χ1) is 13.3. The van der Waals surface area contributed by atoms with E-state index in [1.54, 1.807) is 24.3 Å². The zero-order valence-corrected chi connectivity index (χ0v) is 14.5. The van der Waals surface area contributed by atoms with Crippen LogP contribution in [0.5, 0.6) is 5.75 Å². The van der Waals surface area contributed by atoms with Crippen molar-refractivity contribution >= 4 is 11.6 Å². The summed E-state index contributed by atoms with van der Waals surface area (Å²) in [5.74, 6) is 1.37. The van der Waals surface area contributed by atoms with Gasteiger partial charge in [-0.15, -0.1) is 0 Å². The number of aromatic nitrogens is 3. The lowest BCUT2D eigenvalue weighted by Crippen LogP contribution is -2.00. The average molecular weight is 351 g/mol. The zero-order valence-electron chi connectivity index (χ0n) is 14.5. The highest BCUT2D eigenvalue weighted by atomic mass is 16.3. The molecule has 0 bridgehead atoms. The molecule has 0 spiro atoms. The SMILES string of the molecule is Oc1ccc(-c2ncnc(/C(=C/c3ccccc3)c3ccccc3)n2)cc1. The number of phenols is 1. The summed E-state index contributed by atoms with van der Waals surface area (Å²) < 4.78 is 0. The van der Waals surface area contributed by atoms with E-state index in [0.29, 0.717) is 11.6 Å². The number of hydrogen-bond donors (Lipinski definition) is 1. The van der Waals surface area contributed by atoms with Gasteiger partial charge in [-0.05, 0) is 41.5 Å². The Hall–Kier alpha value is -3.79. The first-order valence-electron chi connectivity index (χ1n) is 8.60. The van der Waals surface area contributed by atoms with Crippen LogP contribution in [0, 0.1) is 0 Å². The molecule has 1 heterocycles. The number of nitrogens with zero attached hydrogens (tertiary/aromatic N) is 3. The van der Waals surface area contributed by atoms with Crippen molar-refractivity contribution in [3.63, 3.8) is 0 Å². The molecule has 130 valence electrons. The molecule has 0 aliphatic heterocycles. The third-order valence-corrected chi connectivity index (χ3v) is 4.13. The normalized spacial score (nSPS) is 11.3. The molecule has 4 aromatic rings. The first kappa shape index (κ1) is 16.7. The van der Waals surface area contributed by atoms with E-state index >= 15 is 0 Å². The van der Waals surface area contributed by atoms with Gasteiger partial charge in [0.15, 0.2) is 11.6 Å². The van der Waals surface area contributed by atoms with E-state index in [4.69, 9.17) is 0 Å². The predicted octanol–water partition coefficient (Wildman–Crippen LogP) is 4.83. The summed E-state index contributed by atoms with van der Waals surface area (Å²) >= 11 is 0. The smallest absolute Gasteiger partial charge is 0.163 e. The van der Waals surface area contributed by atoms with Crippen molar-refractivity contribution in [3.8, 4) is 17.1 Å². The third kappa shape index (κ3) is 3.90. The molecule has 0 amide bonds. The van der Waals surface area contributed by atoms with Crippen LogP contribution in [0.3, 0.4) is 0 Å². The molecular formula is C23H17N3O. The molecular weight excluding hydrogens is 334 g/mol. The fraction of sp³-hybridized carbons (Fsp3) is 0. The van der Waals surface area contributed by atoms with E-state index in [2.05, 4.69) is 21.0 Å². The first-order valence-corrected chi connectivity index (χ1v) is 8.60. The highest BCUT2D eigenvalue weighted by Crippen LogP contribution is 2.25. The Morgan fingerprint density at radius 3 is 2.11 bits per heavy atom. The molecule has 4 heteroatoms. The van der Waals surface area contributed by atoms with Gasteiger partial charge in [-0.3, -0.25) is 0 Å². The van der Waals surface area contributed by atoms with Crippen molar-refractivity contribution in [2.24, 2.45) is 0 Å². The summed E-state index contributed by atoms with van der Waals surface area (Å²) in [6.07, 6.45) is 3.59. The van der Waals surface area contributed by atoms with E-state index in [1.807, 2.05) is 60.7 Å². The fourth-order valence-electron chi connectivity index (χ4n) is 2.79. The molecule has 1 N–H and O–H groups in total. The molecule has 0 fully saturated rings. The van der Waals surface area contributed by atoms with Gasteiger partial charge in [-0.2, -0.15) is 0 Å². The molecule has 1 aromatic heterocycles. The van der Waals surface area contributed by atoms with Gasteiger partial charge in [0.25, 0.3) is 0 Å². The van der Waals surface area contributed by atoms with Crippen LogP contribution in [0.25, 0.3) is 23.0 Å². The van der Waals surface area contributed by atoms with Gasteiger partial charge in [-0.25, -0.2) is 15.0 Å². The van der Waals surface area contributed by atoms with Crippen molar-refractivity contribution in [3.05, 3.63) is 108 Å². The highest BCUT2D eigenvalue weighted by molar-refractivity contribution is 5.89. The minimum atomic E-state index is 0.210. The molecule has 0 atom stereocenters. The third-order valence-electron chi connectivity index (χ3n) is 4.13. The molecule has 0 saturated carbocycles. The number of aromatic hydroxyl groups is 1. The van der Waals surface area contributed by atoms with E-state index in [9.17, 15) is 5.11 Å². The second kappa shape index (κ2) is 7.62. The zero-order chi connectivity index (χ0) is 18.5. The Bertz CT molecular complexity index is 1060. The number of hydrogen-bond acceptors (Lipinski definition) is 4. The number of phenolic OH excluding ortho intramolecular Hbond substituents is 1. The minimum Gasteiger partial charge on any atom is -0.508 e. The van der Waals surface area contributed by atoms with Gasteiger partial charge in [0.1, 0.15) is 12.1 Å². The Balaban J connectivity index is 1.82. The topological polar surface area (TPSA) is 58.9 Å². The van der Waals surface area contributed by atoms with Crippen LogP contribution in [0.2, 0.25) is 0 Å². The van der Waals surface area contributed by atoms with E-state index in [-0.39, 0.29) is 5.75 Å². The largest absolute Gasteiger partial charge is 0.508 e. The molecule has 0 unspecified atom stereocenters. The average Bonchev–Trinajstić information content (AvgIpc) is 2.74. The molecule has 0 aliphatic rings. The molecule has 27 heavy (non-hydrogen) atoms. The van der Waals surface area contributed by atoms with Crippen LogP contribution in [-0.4, -0.2) is 20.1 Å². The van der Waals surface area contributed by atoms with Gasteiger partial charge < -0.3 is 5.11 Å². The molecule has 0 saturated heterocycles. The van der Waals surface area contributed by atoms with Gasteiger partial charge in [-0.1, -0.05) is 60.7 Å². The van der Waals surface area contributed by atoms with Crippen LogP contribution in [0.1, 0.15) is 17.0 Å². The van der Waals surface area contributed by atoms with Crippen molar-refractivity contribution in [1.82, 2.24) is 15.0 Å². The van der Waals surface area contributed by atoms with Crippen molar-refractivity contribution in [2.45, 2.75) is 0 Å². The molecule has 4 rings (SSSR count). The monoisotopic (exact) mass is 351 g/mol. The lowest BCUT2D eigenvalue weighted by Gasteiger charge is -2.09. The van der Waals surface area contributed by atoms with E-state index < -0.39 is 0 Å². The maximum atomic E-state index is 9.50. The standard InChI is InChI=1S/C23H17N3O/c27-20-13-11-19(12-14-20)22-24-16-25-23(26-22)21(18-9-5-2-6-10-18)15-17-7-3-1-4-8-17/h1-16,27H/b21-15+. The van der Waals surface area contributed by atoms with Crippen molar-refractivity contribution < 1.29 is 5.11 Å². The number of benzene rings is 3. The van der Waals surface area contributed by atoms with Gasteiger partial charge in [0, 0.05) is 11.1 Å². The van der Waals surface area contributed by atoms with Gasteiger partial charge in [0.2, 0.25) is 0 Å². The van der Waals surface area contributed by atoms with Crippen LogP contribution < -0.4 is 0 Å². The maximum absolute atomic E-state index is 9.50. The number of rotatable bonds is 4. The Morgan fingerprint density at radius 1 is 0.741 bits per heavy atom. The summed E-state index contributed by atoms with van der Waals surface area (Å²) in [5.41, 5.74) is 3.85. The molecule has 0 radical (unpaired) electrons. The van der Waals surface area contributed by atoms with Crippen LogP contribution in [0.15, 0.2) is 91.3 Å². The van der Waals surface area contributed by atoms with Gasteiger partial charge >= 0.3 is 0 Å². The molecule has 4 nitrogen and oxygen atoms in total. The second-order valence-electron chi connectivity index (χ2n) is 6.01.